The van der Waals surface area contributed by atoms with Crippen molar-refractivity contribution in [3.05, 3.63) is 54.1 Å². The highest BCUT2D eigenvalue weighted by Crippen LogP contribution is 2.26. The second kappa shape index (κ2) is 11.2. The van der Waals surface area contributed by atoms with Crippen LogP contribution in [0.4, 0.5) is 5.69 Å². The summed E-state index contributed by atoms with van der Waals surface area (Å²) in [6, 6.07) is 13.0. The number of para-hydroxylation sites is 2. The van der Waals surface area contributed by atoms with E-state index in [4.69, 9.17) is 14.2 Å². The predicted octanol–water partition coefficient (Wildman–Crippen LogP) is 2.81. The average Bonchev–Trinajstić information content (AvgIpc) is 2.79. The molecule has 0 bridgehead atoms. The molecule has 1 unspecified atom stereocenters. The summed E-state index contributed by atoms with van der Waals surface area (Å²) < 4.78 is 43.7. The third-order valence-electron chi connectivity index (χ3n) is 4.84. The topological polar surface area (TPSA) is 103 Å². The highest BCUT2D eigenvalue weighted by molar-refractivity contribution is 7.89. The van der Waals surface area contributed by atoms with Crippen LogP contribution in [0, 0.1) is 0 Å². The molecular formula is C22H28N2O6S. The first kappa shape index (κ1) is 23.2. The summed E-state index contributed by atoms with van der Waals surface area (Å²) >= 11 is 0. The zero-order valence-electron chi connectivity index (χ0n) is 17.5. The van der Waals surface area contributed by atoms with E-state index in [0.717, 1.165) is 25.9 Å². The molecule has 1 amide bonds. The van der Waals surface area contributed by atoms with Gasteiger partial charge in [-0.15, -0.1) is 0 Å². The highest BCUT2D eigenvalue weighted by atomic mass is 32.2. The molecule has 8 nitrogen and oxygen atoms in total. The molecule has 2 aromatic carbocycles. The molecule has 168 valence electrons. The maximum Gasteiger partial charge on any atom is 0.255 e. The molecule has 1 heterocycles. The maximum absolute atomic E-state index is 12.8. The minimum Gasteiger partial charge on any atom is -0.489 e. The van der Waals surface area contributed by atoms with E-state index in [9.17, 15) is 13.2 Å². The van der Waals surface area contributed by atoms with Gasteiger partial charge in [0.25, 0.3) is 5.91 Å². The summed E-state index contributed by atoms with van der Waals surface area (Å²) in [4.78, 5) is 12.8. The molecule has 3 rings (SSSR count). The fraction of sp³-hybridized carbons (Fsp3) is 0.409. The fourth-order valence-electron chi connectivity index (χ4n) is 3.18. The molecule has 0 aliphatic carbocycles. The van der Waals surface area contributed by atoms with Crippen LogP contribution in [0.15, 0.2) is 53.4 Å². The number of nitrogens with one attached hydrogen (secondary N) is 2. The molecule has 2 N–H and O–H groups in total. The van der Waals surface area contributed by atoms with Gasteiger partial charge in [0.05, 0.1) is 23.3 Å². The Kier molecular flexibility index (Phi) is 8.42. The summed E-state index contributed by atoms with van der Waals surface area (Å²) in [6.45, 7) is 1.55. The largest absolute Gasteiger partial charge is 0.489 e. The lowest BCUT2D eigenvalue weighted by molar-refractivity contribution is -0.0109. The van der Waals surface area contributed by atoms with Crippen LogP contribution in [-0.2, 0) is 19.5 Å². The Labute approximate surface area is 182 Å². The van der Waals surface area contributed by atoms with E-state index in [0.29, 0.717) is 18.0 Å². The number of benzene rings is 2. The number of amides is 1. The molecule has 0 spiro atoms. The minimum absolute atomic E-state index is 0.00948. The third kappa shape index (κ3) is 6.76. The molecule has 0 saturated carbocycles. The Balaban J connectivity index is 1.67. The Morgan fingerprint density at radius 1 is 1.16 bits per heavy atom. The van der Waals surface area contributed by atoms with Crippen molar-refractivity contribution < 1.29 is 27.4 Å². The van der Waals surface area contributed by atoms with Crippen LogP contribution in [0.2, 0.25) is 0 Å². The van der Waals surface area contributed by atoms with E-state index in [-0.39, 0.29) is 29.7 Å². The van der Waals surface area contributed by atoms with Gasteiger partial charge in [0.15, 0.2) is 0 Å². The van der Waals surface area contributed by atoms with Gasteiger partial charge in [0.1, 0.15) is 12.4 Å². The SMILES string of the molecule is COCCNS(=O)(=O)c1cccc(C(=O)Nc2ccccc2OCC2CCCCO2)c1. The summed E-state index contributed by atoms with van der Waals surface area (Å²) in [7, 11) is -2.25. The van der Waals surface area contributed by atoms with Crippen LogP contribution in [-0.4, -0.2) is 53.9 Å². The second-order valence-electron chi connectivity index (χ2n) is 7.17. The maximum atomic E-state index is 12.8. The average molecular weight is 449 g/mol. The minimum atomic E-state index is -3.74. The number of ether oxygens (including phenoxy) is 3. The van der Waals surface area contributed by atoms with Gasteiger partial charge < -0.3 is 19.5 Å². The van der Waals surface area contributed by atoms with Crippen molar-refractivity contribution in [2.45, 2.75) is 30.3 Å². The van der Waals surface area contributed by atoms with Gasteiger partial charge in [-0.05, 0) is 49.6 Å². The standard InChI is InChI=1S/C22H28N2O6S/c1-28-14-12-23-31(26,27)19-9-6-7-17(15-19)22(25)24-20-10-2-3-11-21(20)30-16-18-8-4-5-13-29-18/h2-3,6-7,9-11,15,18,23H,4-5,8,12-14,16H2,1H3,(H,24,25). The molecule has 0 radical (unpaired) electrons. The molecular weight excluding hydrogens is 420 g/mol. The number of hydrogen-bond acceptors (Lipinski definition) is 6. The predicted molar refractivity (Wildman–Crippen MR) is 117 cm³/mol. The van der Waals surface area contributed by atoms with E-state index >= 15 is 0 Å². The van der Waals surface area contributed by atoms with Gasteiger partial charge in [-0.3, -0.25) is 4.79 Å². The summed E-state index contributed by atoms with van der Waals surface area (Å²) in [5, 5.41) is 2.81. The second-order valence-corrected chi connectivity index (χ2v) is 8.94. The summed E-state index contributed by atoms with van der Waals surface area (Å²) in [5.74, 6) is 0.105. The first-order chi connectivity index (χ1) is 15.0. The first-order valence-corrected chi connectivity index (χ1v) is 11.7. The van der Waals surface area contributed by atoms with Crippen LogP contribution in [0.25, 0.3) is 0 Å². The molecule has 9 heteroatoms. The number of anilines is 1. The number of sulfonamides is 1. The van der Waals surface area contributed by atoms with Crippen LogP contribution >= 0.6 is 0 Å². The van der Waals surface area contributed by atoms with Crippen LogP contribution < -0.4 is 14.8 Å². The smallest absolute Gasteiger partial charge is 0.255 e. The van der Waals surface area contributed by atoms with Crippen molar-refractivity contribution in [3.63, 3.8) is 0 Å². The van der Waals surface area contributed by atoms with Gasteiger partial charge >= 0.3 is 0 Å². The van der Waals surface area contributed by atoms with E-state index in [1.807, 2.05) is 6.07 Å². The van der Waals surface area contributed by atoms with E-state index in [1.54, 1.807) is 24.3 Å². The number of methoxy groups -OCH3 is 1. The number of hydrogen-bond donors (Lipinski definition) is 2. The molecule has 1 saturated heterocycles. The van der Waals surface area contributed by atoms with E-state index in [1.165, 1.54) is 25.3 Å². The molecule has 2 aromatic rings. The molecule has 1 aliphatic heterocycles. The first-order valence-electron chi connectivity index (χ1n) is 10.2. The van der Waals surface area contributed by atoms with Crippen molar-refractivity contribution in [1.82, 2.24) is 4.72 Å². The van der Waals surface area contributed by atoms with Crippen LogP contribution in [0.1, 0.15) is 29.6 Å². The number of rotatable bonds is 10. The van der Waals surface area contributed by atoms with Crippen molar-refractivity contribution >= 4 is 21.6 Å². The lowest BCUT2D eigenvalue weighted by Gasteiger charge is -2.23. The Bertz CT molecular complexity index is 973. The van der Waals surface area contributed by atoms with Crippen molar-refractivity contribution in [2.24, 2.45) is 0 Å². The number of carbonyl (C=O) groups excluding carboxylic acids is 1. The fourth-order valence-corrected chi connectivity index (χ4v) is 4.24. The van der Waals surface area contributed by atoms with E-state index < -0.39 is 15.9 Å². The van der Waals surface area contributed by atoms with Crippen LogP contribution in [0.5, 0.6) is 5.75 Å². The lowest BCUT2D eigenvalue weighted by atomic mass is 10.1. The Morgan fingerprint density at radius 3 is 2.77 bits per heavy atom. The van der Waals surface area contributed by atoms with Gasteiger partial charge in [-0.2, -0.15) is 0 Å². The third-order valence-corrected chi connectivity index (χ3v) is 6.30. The monoisotopic (exact) mass is 448 g/mol. The van der Waals surface area contributed by atoms with Crippen molar-refractivity contribution in [2.75, 3.05) is 38.8 Å². The molecule has 1 atom stereocenters. The van der Waals surface area contributed by atoms with Crippen molar-refractivity contribution in [1.29, 1.82) is 0 Å². The van der Waals surface area contributed by atoms with E-state index in [2.05, 4.69) is 10.0 Å². The Morgan fingerprint density at radius 2 is 2.00 bits per heavy atom. The van der Waals surface area contributed by atoms with Crippen molar-refractivity contribution in [3.8, 4) is 5.75 Å². The molecule has 1 fully saturated rings. The normalized spacial score (nSPS) is 16.6. The zero-order valence-corrected chi connectivity index (χ0v) is 18.3. The van der Waals surface area contributed by atoms with Gasteiger partial charge in [-0.1, -0.05) is 18.2 Å². The molecule has 0 aromatic heterocycles. The summed E-state index contributed by atoms with van der Waals surface area (Å²) in [6.07, 6.45) is 3.19. The number of carbonyl (C=O) groups is 1. The molecule has 31 heavy (non-hydrogen) atoms. The van der Waals surface area contributed by atoms with Crippen LogP contribution in [0.3, 0.4) is 0 Å². The van der Waals surface area contributed by atoms with Gasteiger partial charge in [0.2, 0.25) is 10.0 Å². The summed E-state index contributed by atoms with van der Waals surface area (Å²) in [5.41, 5.74) is 0.731. The van der Waals surface area contributed by atoms with Gasteiger partial charge in [0, 0.05) is 25.8 Å². The highest BCUT2D eigenvalue weighted by Gasteiger charge is 2.18. The molecule has 1 aliphatic rings. The quantitative estimate of drug-likeness (QED) is 0.542. The zero-order chi connectivity index (χ0) is 22.1. The Hall–Kier alpha value is -2.46. The lowest BCUT2D eigenvalue weighted by Crippen LogP contribution is -2.27. The van der Waals surface area contributed by atoms with Gasteiger partial charge in [-0.25, -0.2) is 13.1 Å².